The Labute approximate surface area is 182 Å². The van der Waals surface area contributed by atoms with Gasteiger partial charge in [0.05, 0.1) is 5.56 Å². The molecule has 7 nitrogen and oxygen atoms in total. The number of carbonyl (C=O) groups excluding carboxylic acids is 1. The van der Waals surface area contributed by atoms with Gasteiger partial charge in [-0.05, 0) is 63.3 Å². The molecule has 2 aromatic carbocycles. The minimum Gasteiger partial charge on any atom is -0.478 e. The zero-order valence-corrected chi connectivity index (χ0v) is 18.4. The van der Waals surface area contributed by atoms with Crippen LogP contribution in [0.15, 0.2) is 36.4 Å². The topological polar surface area (TPSA) is 113 Å². The lowest BCUT2D eigenvalue weighted by molar-refractivity contribution is -0.191. The van der Waals surface area contributed by atoms with Crippen molar-refractivity contribution in [3.8, 4) is 11.1 Å². The molecular weight excluding hydrogens is 396 g/mol. The Hall–Kier alpha value is -2.90. The molecule has 1 saturated heterocycles. The standard InChI is InChI=1S/C16H13NO4.C8H17NO/c17-13-6-5-11-12(7-21-8-18)9-3-1-2-4-10(9)14(11)15(13)16(19)20;1-7(2)5-6-8(3,4)9(7)10/h1-6,8,12H,7,17H2,(H,19,20);10H,5-6H2,1-4H3. The van der Waals surface area contributed by atoms with Crippen LogP contribution in [-0.4, -0.2) is 45.5 Å². The monoisotopic (exact) mass is 426 g/mol. The number of nitrogens with two attached hydrogens (primary N) is 1. The van der Waals surface area contributed by atoms with Gasteiger partial charge in [0.1, 0.15) is 6.61 Å². The molecular formula is C24H30N2O5. The average molecular weight is 427 g/mol. The summed E-state index contributed by atoms with van der Waals surface area (Å²) in [6.45, 7) is 8.86. The third-order valence-corrected chi connectivity index (χ3v) is 6.29. The fourth-order valence-corrected chi connectivity index (χ4v) is 4.60. The van der Waals surface area contributed by atoms with Crippen LogP contribution >= 0.6 is 0 Å². The van der Waals surface area contributed by atoms with Gasteiger partial charge in [-0.1, -0.05) is 30.3 Å². The normalized spacial score (nSPS) is 20.2. The molecule has 1 heterocycles. The quantitative estimate of drug-likeness (QED) is 0.494. The summed E-state index contributed by atoms with van der Waals surface area (Å²) >= 11 is 0. The van der Waals surface area contributed by atoms with Gasteiger partial charge in [0.15, 0.2) is 0 Å². The molecule has 0 radical (unpaired) electrons. The van der Waals surface area contributed by atoms with E-state index in [1.54, 1.807) is 12.1 Å². The van der Waals surface area contributed by atoms with Gasteiger partial charge in [0, 0.05) is 28.2 Å². The first-order valence-electron chi connectivity index (χ1n) is 10.3. The van der Waals surface area contributed by atoms with E-state index in [0.29, 0.717) is 12.0 Å². The molecule has 0 aromatic heterocycles. The number of anilines is 1. The molecule has 4 N–H and O–H groups in total. The number of ether oxygens (including phenoxy) is 1. The summed E-state index contributed by atoms with van der Waals surface area (Å²) in [4.78, 5) is 22.0. The van der Waals surface area contributed by atoms with Crippen molar-refractivity contribution < 1.29 is 24.6 Å². The molecule has 0 amide bonds. The van der Waals surface area contributed by atoms with E-state index in [0.717, 1.165) is 29.5 Å². The number of carbonyl (C=O) groups is 2. The zero-order valence-electron chi connectivity index (χ0n) is 18.4. The number of hydrogen-bond acceptors (Lipinski definition) is 6. The van der Waals surface area contributed by atoms with E-state index in [-0.39, 0.29) is 34.9 Å². The van der Waals surface area contributed by atoms with Crippen molar-refractivity contribution in [3.63, 3.8) is 0 Å². The number of nitrogens with zero attached hydrogens (tertiary/aromatic N) is 1. The van der Waals surface area contributed by atoms with Crippen LogP contribution in [0.4, 0.5) is 5.69 Å². The van der Waals surface area contributed by atoms with Crippen molar-refractivity contribution in [1.29, 1.82) is 0 Å². The van der Waals surface area contributed by atoms with Crippen molar-refractivity contribution in [2.24, 2.45) is 0 Å². The molecule has 166 valence electrons. The molecule has 0 spiro atoms. The average Bonchev–Trinajstić information content (AvgIpc) is 3.13. The van der Waals surface area contributed by atoms with E-state index >= 15 is 0 Å². The molecule has 0 bridgehead atoms. The number of fused-ring (bicyclic) bond motifs is 3. The summed E-state index contributed by atoms with van der Waals surface area (Å²) < 4.78 is 4.90. The zero-order chi connectivity index (χ0) is 23.0. The number of rotatable bonds is 4. The molecule has 1 atom stereocenters. The Kier molecular flexibility index (Phi) is 6.11. The molecule has 1 aliphatic carbocycles. The third kappa shape index (κ3) is 4.16. The fraction of sp³-hybridized carbons (Fsp3) is 0.417. The van der Waals surface area contributed by atoms with Gasteiger partial charge in [-0.2, -0.15) is 5.06 Å². The first kappa shape index (κ1) is 22.8. The second-order valence-electron chi connectivity index (χ2n) is 9.31. The van der Waals surface area contributed by atoms with Gasteiger partial charge >= 0.3 is 5.97 Å². The summed E-state index contributed by atoms with van der Waals surface area (Å²) in [6, 6.07) is 10.9. The maximum Gasteiger partial charge on any atom is 0.338 e. The second kappa shape index (κ2) is 8.32. The molecule has 1 unspecified atom stereocenters. The van der Waals surface area contributed by atoms with Crippen molar-refractivity contribution in [2.75, 3.05) is 12.3 Å². The highest BCUT2D eigenvalue weighted by Crippen LogP contribution is 2.47. The molecule has 1 aliphatic heterocycles. The Morgan fingerprint density at radius 2 is 1.74 bits per heavy atom. The van der Waals surface area contributed by atoms with Crippen molar-refractivity contribution in [2.45, 2.75) is 57.5 Å². The van der Waals surface area contributed by atoms with E-state index in [9.17, 15) is 19.9 Å². The largest absolute Gasteiger partial charge is 0.478 e. The maximum absolute atomic E-state index is 11.5. The predicted octanol–water partition coefficient (Wildman–Crippen LogP) is 4.28. The highest BCUT2D eigenvalue weighted by molar-refractivity contribution is 6.04. The Morgan fingerprint density at radius 1 is 1.13 bits per heavy atom. The van der Waals surface area contributed by atoms with E-state index in [1.807, 2.05) is 24.3 Å². The molecule has 4 rings (SSSR count). The molecule has 2 aromatic rings. The maximum atomic E-state index is 11.5. The van der Waals surface area contributed by atoms with E-state index in [4.69, 9.17) is 10.5 Å². The molecule has 2 aliphatic rings. The second-order valence-corrected chi connectivity index (χ2v) is 9.31. The van der Waals surface area contributed by atoms with Gasteiger partial charge in [-0.3, -0.25) is 4.79 Å². The van der Waals surface area contributed by atoms with Crippen molar-refractivity contribution in [3.05, 3.63) is 53.1 Å². The van der Waals surface area contributed by atoms with Gasteiger partial charge in [-0.15, -0.1) is 0 Å². The minimum absolute atomic E-state index is 0.0243. The van der Waals surface area contributed by atoms with Crippen LogP contribution in [0.3, 0.4) is 0 Å². The number of carboxylic acids is 1. The number of nitrogen functional groups attached to an aromatic ring is 1. The molecule has 31 heavy (non-hydrogen) atoms. The summed E-state index contributed by atoms with van der Waals surface area (Å²) in [6.07, 6.45) is 2.16. The van der Waals surface area contributed by atoms with Crippen LogP contribution in [0.5, 0.6) is 0 Å². The van der Waals surface area contributed by atoms with Crippen LogP contribution in [-0.2, 0) is 9.53 Å². The first-order valence-corrected chi connectivity index (χ1v) is 10.3. The third-order valence-electron chi connectivity index (χ3n) is 6.29. The van der Waals surface area contributed by atoms with Gasteiger partial charge < -0.3 is 20.8 Å². The van der Waals surface area contributed by atoms with Gasteiger partial charge in [-0.25, -0.2) is 4.79 Å². The summed E-state index contributed by atoms with van der Waals surface area (Å²) in [5.41, 5.74) is 9.34. The van der Waals surface area contributed by atoms with Crippen molar-refractivity contribution in [1.82, 2.24) is 5.06 Å². The smallest absolute Gasteiger partial charge is 0.338 e. The van der Waals surface area contributed by atoms with Crippen LogP contribution in [0.1, 0.15) is 67.9 Å². The number of benzene rings is 2. The Morgan fingerprint density at radius 3 is 2.26 bits per heavy atom. The highest BCUT2D eigenvalue weighted by Gasteiger charge is 2.43. The minimum atomic E-state index is -1.06. The summed E-state index contributed by atoms with van der Waals surface area (Å²) in [5, 5.41) is 20.6. The SMILES string of the molecule is CC1(C)CCC(C)(C)N1O.Nc1ccc2c(c1C(=O)O)-c1ccccc1C2COC=O. The van der Waals surface area contributed by atoms with Gasteiger partial charge in [0.25, 0.3) is 6.47 Å². The number of aromatic carboxylic acids is 1. The van der Waals surface area contributed by atoms with E-state index in [1.165, 1.54) is 5.06 Å². The predicted molar refractivity (Wildman–Crippen MR) is 118 cm³/mol. The van der Waals surface area contributed by atoms with Crippen LogP contribution < -0.4 is 5.73 Å². The number of carboxylic acid groups (broad SMARTS) is 1. The van der Waals surface area contributed by atoms with E-state index < -0.39 is 5.97 Å². The molecule has 1 fully saturated rings. The lowest BCUT2D eigenvalue weighted by Crippen LogP contribution is -2.45. The lowest BCUT2D eigenvalue weighted by atomic mass is 9.95. The molecule has 0 saturated carbocycles. The van der Waals surface area contributed by atoms with Crippen molar-refractivity contribution >= 4 is 18.1 Å². The summed E-state index contributed by atoms with van der Waals surface area (Å²) in [7, 11) is 0. The van der Waals surface area contributed by atoms with Crippen LogP contribution in [0.25, 0.3) is 11.1 Å². The summed E-state index contributed by atoms with van der Waals surface area (Å²) in [5.74, 6) is -1.23. The number of hydrogen-bond donors (Lipinski definition) is 3. The van der Waals surface area contributed by atoms with E-state index in [2.05, 4.69) is 27.7 Å². The fourth-order valence-electron chi connectivity index (χ4n) is 4.60. The van der Waals surface area contributed by atoms with Gasteiger partial charge in [0.2, 0.25) is 0 Å². The van der Waals surface area contributed by atoms with Crippen LogP contribution in [0.2, 0.25) is 0 Å². The first-order chi connectivity index (χ1) is 14.5. The lowest BCUT2D eigenvalue weighted by Gasteiger charge is -2.34. The Balaban J connectivity index is 0.000000229. The highest BCUT2D eigenvalue weighted by atomic mass is 16.5. The van der Waals surface area contributed by atoms with Crippen LogP contribution in [0, 0.1) is 0 Å². The number of hydroxylamine groups is 2. The Bertz CT molecular complexity index is 983. The molecule has 7 heteroatoms.